The number of nitrogens with one attached hydrogen (secondary N) is 2. The molecule has 0 spiro atoms. The van der Waals surface area contributed by atoms with Crippen molar-refractivity contribution in [2.45, 2.75) is 45.1 Å². The van der Waals surface area contributed by atoms with Crippen molar-refractivity contribution in [1.82, 2.24) is 4.72 Å². The SMILES string of the molecule is CC[C@H](C)C(=O)Nc1ccc(S(=O)(=O)NC(C)C)cc1. The molecule has 1 aromatic carbocycles. The highest BCUT2D eigenvalue weighted by atomic mass is 32.2. The number of hydrogen-bond donors (Lipinski definition) is 2. The van der Waals surface area contributed by atoms with Crippen LogP contribution in [0.15, 0.2) is 29.2 Å². The van der Waals surface area contributed by atoms with Crippen LogP contribution in [0.4, 0.5) is 5.69 Å². The average Bonchev–Trinajstić information content (AvgIpc) is 2.36. The minimum atomic E-state index is -3.49. The molecule has 2 N–H and O–H groups in total. The molecule has 6 heteroatoms. The smallest absolute Gasteiger partial charge is 0.240 e. The van der Waals surface area contributed by atoms with Gasteiger partial charge in [0.15, 0.2) is 0 Å². The molecule has 0 aliphatic heterocycles. The van der Waals surface area contributed by atoms with Crippen molar-refractivity contribution in [2.24, 2.45) is 5.92 Å². The van der Waals surface area contributed by atoms with E-state index in [1.165, 1.54) is 12.1 Å². The van der Waals surface area contributed by atoms with Crippen molar-refractivity contribution in [1.29, 1.82) is 0 Å². The molecular formula is C14H22N2O3S. The second kappa shape index (κ2) is 6.85. The molecule has 0 radical (unpaired) electrons. The molecular weight excluding hydrogens is 276 g/mol. The van der Waals surface area contributed by atoms with Crippen LogP contribution in [0.1, 0.15) is 34.1 Å². The Hall–Kier alpha value is -1.40. The molecule has 0 bridgehead atoms. The van der Waals surface area contributed by atoms with Crippen LogP contribution in [0.3, 0.4) is 0 Å². The van der Waals surface area contributed by atoms with Gasteiger partial charge in [-0.3, -0.25) is 4.79 Å². The largest absolute Gasteiger partial charge is 0.326 e. The molecule has 1 atom stereocenters. The Morgan fingerprint density at radius 3 is 2.15 bits per heavy atom. The molecule has 0 fully saturated rings. The van der Waals surface area contributed by atoms with Gasteiger partial charge in [0.25, 0.3) is 0 Å². The van der Waals surface area contributed by atoms with Gasteiger partial charge in [-0.25, -0.2) is 13.1 Å². The lowest BCUT2D eigenvalue weighted by atomic mass is 10.1. The summed E-state index contributed by atoms with van der Waals surface area (Å²) in [5.74, 6) is -0.135. The summed E-state index contributed by atoms with van der Waals surface area (Å²) in [6.07, 6.45) is 0.761. The van der Waals surface area contributed by atoms with E-state index >= 15 is 0 Å². The van der Waals surface area contributed by atoms with Crippen molar-refractivity contribution in [3.8, 4) is 0 Å². The second-order valence-corrected chi connectivity index (χ2v) is 6.81. The predicted octanol–water partition coefficient (Wildman–Crippen LogP) is 2.36. The normalized spacial score (nSPS) is 13.2. The van der Waals surface area contributed by atoms with E-state index in [4.69, 9.17) is 0 Å². The van der Waals surface area contributed by atoms with Gasteiger partial charge in [0.05, 0.1) is 4.90 Å². The lowest BCUT2D eigenvalue weighted by Crippen LogP contribution is -2.30. The van der Waals surface area contributed by atoms with Crippen LogP contribution < -0.4 is 10.0 Å². The summed E-state index contributed by atoms with van der Waals surface area (Å²) in [5.41, 5.74) is 0.596. The van der Waals surface area contributed by atoms with Gasteiger partial charge >= 0.3 is 0 Å². The number of carbonyl (C=O) groups excluding carboxylic acids is 1. The first-order valence-corrected chi connectivity index (χ1v) is 8.17. The molecule has 20 heavy (non-hydrogen) atoms. The monoisotopic (exact) mass is 298 g/mol. The van der Waals surface area contributed by atoms with Crippen molar-refractivity contribution in [3.63, 3.8) is 0 Å². The van der Waals surface area contributed by atoms with Crippen LogP contribution in [-0.4, -0.2) is 20.4 Å². The number of amides is 1. The predicted molar refractivity (Wildman–Crippen MR) is 80.0 cm³/mol. The maximum Gasteiger partial charge on any atom is 0.240 e. The van der Waals surface area contributed by atoms with Crippen molar-refractivity contribution in [2.75, 3.05) is 5.32 Å². The molecule has 0 saturated heterocycles. The van der Waals surface area contributed by atoms with E-state index in [1.54, 1.807) is 26.0 Å². The highest BCUT2D eigenvalue weighted by molar-refractivity contribution is 7.89. The van der Waals surface area contributed by atoms with Crippen LogP contribution in [0.2, 0.25) is 0 Å². The first-order chi connectivity index (χ1) is 9.26. The maximum absolute atomic E-state index is 11.9. The lowest BCUT2D eigenvalue weighted by Gasteiger charge is -2.12. The summed E-state index contributed by atoms with van der Waals surface area (Å²) < 4.78 is 26.4. The van der Waals surface area contributed by atoms with E-state index in [9.17, 15) is 13.2 Å². The number of sulfonamides is 1. The molecule has 0 aliphatic carbocycles. The molecule has 112 valence electrons. The number of rotatable bonds is 6. The van der Waals surface area contributed by atoms with Crippen LogP contribution in [0, 0.1) is 5.92 Å². The molecule has 1 aromatic rings. The van der Waals surface area contributed by atoms with Crippen molar-refractivity contribution >= 4 is 21.6 Å². The molecule has 0 saturated carbocycles. The molecule has 0 heterocycles. The highest BCUT2D eigenvalue weighted by Crippen LogP contribution is 2.15. The van der Waals surface area contributed by atoms with Crippen molar-refractivity contribution < 1.29 is 13.2 Å². The van der Waals surface area contributed by atoms with Gasteiger partial charge in [0.1, 0.15) is 0 Å². The third kappa shape index (κ3) is 4.61. The average molecular weight is 298 g/mol. The summed E-state index contributed by atoms with van der Waals surface area (Å²) in [6, 6.07) is 5.99. The fraction of sp³-hybridized carbons (Fsp3) is 0.500. The number of benzene rings is 1. The van der Waals surface area contributed by atoms with Gasteiger partial charge in [-0.05, 0) is 44.5 Å². The zero-order valence-corrected chi connectivity index (χ0v) is 13.1. The Balaban J connectivity index is 2.82. The zero-order valence-electron chi connectivity index (χ0n) is 12.3. The minimum Gasteiger partial charge on any atom is -0.326 e. The minimum absolute atomic E-state index is 0.0663. The van der Waals surface area contributed by atoms with Crippen LogP contribution >= 0.6 is 0 Å². The standard InChI is InChI=1S/C14H22N2O3S/c1-5-11(4)14(17)15-12-6-8-13(9-7-12)20(18,19)16-10(2)3/h6-11,16H,5H2,1-4H3,(H,15,17)/t11-/m0/s1. The van der Waals surface area contributed by atoms with Gasteiger partial charge in [-0.1, -0.05) is 13.8 Å². The Morgan fingerprint density at radius 2 is 1.70 bits per heavy atom. The molecule has 1 amide bonds. The first kappa shape index (κ1) is 16.7. The van der Waals surface area contributed by atoms with Gasteiger partial charge < -0.3 is 5.32 Å². The van der Waals surface area contributed by atoms with Crippen LogP contribution in [0.5, 0.6) is 0 Å². The van der Waals surface area contributed by atoms with Gasteiger partial charge in [0, 0.05) is 17.6 Å². The lowest BCUT2D eigenvalue weighted by molar-refractivity contribution is -0.119. The Bertz CT molecular complexity index is 550. The third-order valence-corrected chi connectivity index (χ3v) is 4.56. The summed E-state index contributed by atoms with van der Waals surface area (Å²) in [7, 11) is -3.49. The van der Waals surface area contributed by atoms with E-state index < -0.39 is 10.0 Å². The maximum atomic E-state index is 11.9. The van der Waals surface area contributed by atoms with Gasteiger partial charge in [0.2, 0.25) is 15.9 Å². The fourth-order valence-corrected chi connectivity index (χ4v) is 2.80. The van der Waals surface area contributed by atoms with E-state index in [0.717, 1.165) is 6.42 Å². The first-order valence-electron chi connectivity index (χ1n) is 6.69. The Labute approximate surface area is 120 Å². The van der Waals surface area contributed by atoms with Gasteiger partial charge in [-0.15, -0.1) is 0 Å². The molecule has 1 rings (SSSR count). The fourth-order valence-electron chi connectivity index (χ4n) is 1.55. The molecule has 5 nitrogen and oxygen atoms in total. The number of anilines is 1. The molecule has 0 unspecified atom stereocenters. The molecule has 0 aromatic heterocycles. The summed E-state index contributed by atoms with van der Waals surface area (Å²) in [6.45, 7) is 7.31. The van der Waals surface area contributed by atoms with E-state index in [0.29, 0.717) is 5.69 Å². The highest BCUT2D eigenvalue weighted by Gasteiger charge is 2.15. The number of carbonyl (C=O) groups is 1. The van der Waals surface area contributed by atoms with Crippen LogP contribution in [-0.2, 0) is 14.8 Å². The number of hydrogen-bond acceptors (Lipinski definition) is 3. The van der Waals surface area contributed by atoms with Crippen LogP contribution in [0.25, 0.3) is 0 Å². The Kier molecular flexibility index (Phi) is 5.71. The van der Waals surface area contributed by atoms with E-state index in [-0.39, 0.29) is 22.8 Å². The quantitative estimate of drug-likeness (QED) is 0.846. The Morgan fingerprint density at radius 1 is 1.15 bits per heavy atom. The third-order valence-electron chi connectivity index (χ3n) is 2.88. The van der Waals surface area contributed by atoms with Gasteiger partial charge in [-0.2, -0.15) is 0 Å². The summed E-state index contributed by atoms with van der Waals surface area (Å²) in [5, 5.41) is 2.76. The zero-order chi connectivity index (χ0) is 15.3. The topological polar surface area (TPSA) is 75.3 Å². The summed E-state index contributed by atoms with van der Waals surface area (Å²) in [4.78, 5) is 11.9. The van der Waals surface area contributed by atoms with E-state index in [1.807, 2.05) is 13.8 Å². The van der Waals surface area contributed by atoms with Crippen molar-refractivity contribution in [3.05, 3.63) is 24.3 Å². The second-order valence-electron chi connectivity index (χ2n) is 5.10. The molecule has 0 aliphatic rings. The summed E-state index contributed by atoms with van der Waals surface area (Å²) >= 11 is 0. The van der Waals surface area contributed by atoms with E-state index in [2.05, 4.69) is 10.0 Å².